The summed E-state index contributed by atoms with van der Waals surface area (Å²) in [5.41, 5.74) is 0. The largest absolute Gasteiger partial charge is 0.299 e. The first-order valence-corrected chi connectivity index (χ1v) is 5.48. The van der Waals surface area contributed by atoms with Gasteiger partial charge < -0.3 is 0 Å². The Bertz CT molecular complexity index is 245. The highest BCUT2D eigenvalue weighted by Gasteiger charge is 2.33. The van der Waals surface area contributed by atoms with Crippen molar-refractivity contribution in [1.82, 2.24) is 0 Å². The van der Waals surface area contributed by atoms with Crippen LogP contribution in [-0.4, -0.2) is 25.7 Å². The van der Waals surface area contributed by atoms with Gasteiger partial charge >= 0.3 is 0 Å². The number of hydrogen-bond donors (Lipinski definition) is 0. The fourth-order valence-electron chi connectivity index (χ4n) is 1.48. The van der Waals surface area contributed by atoms with E-state index in [1.807, 2.05) is 0 Å². The quantitative estimate of drug-likeness (QED) is 0.532. The topological polar surface area (TPSA) is 51.2 Å². The summed E-state index contributed by atoms with van der Waals surface area (Å²) in [7, 11) is -2.93. The van der Waals surface area contributed by atoms with Gasteiger partial charge in [0, 0.05) is 11.8 Å². The molecule has 11 heavy (non-hydrogen) atoms. The van der Waals surface area contributed by atoms with Gasteiger partial charge in [0.2, 0.25) is 0 Å². The van der Waals surface area contributed by atoms with Crippen LogP contribution in [0.15, 0.2) is 0 Å². The van der Waals surface area contributed by atoms with Crippen LogP contribution < -0.4 is 0 Å². The molecule has 3 nitrogen and oxygen atoms in total. The Morgan fingerprint density at radius 1 is 1.18 bits per heavy atom. The van der Waals surface area contributed by atoms with E-state index in [0.29, 0.717) is 0 Å². The van der Waals surface area contributed by atoms with Crippen LogP contribution in [0.4, 0.5) is 0 Å². The highest BCUT2D eigenvalue weighted by Crippen LogP contribution is 2.18. The first-order chi connectivity index (χ1) is 4.92. The summed E-state index contributed by atoms with van der Waals surface area (Å²) in [4.78, 5) is 11.1. The smallest absolute Gasteiger partial charge is 0.151 e. The van der Waals surface area contributed by atoms with Crippen LogP contribution in [0, 0.1) is 11.8 Å². The summed E-state index contributed by atoms with van der Waals surface area (Å²) in [6.45, 7) is 3.35. The first-order valence-electron chi connectivity index (χ1n) is 3.66. The lowest BCUT2D eigenvalue weighted by molar-refractivity contribution is -0.124. The third kappa shape index (κ3) is 1.80. The maximum absolute atomic E-state index is 11.1. The molecule has 0 aromatic carbocycles. The second kappa shape index (κ2) is 2.59. The molecule has 0 amide bonds. The van der Waals surface area contributed by atoms with Crippen LogP contribution in [0.5, 0.6) is 0 Å². The monoisotopic (exact) mass is 176 g/mol. The highest BCUT2D eigenvalue weighted by atomic mass is 32.2. The third-order valence-electron chi connectivity index (χ3n) is 1.98. The van der Waals surface area contributed by atoms with Crippen molar-refractivity contribution in [2.45, 2.75) is 13.8 Å². The Labute approximate surface area is 66.7 Å². The summed E-state index contributed by atoms with van der Waals surface area (Å²) in [5.74, 6) is -0.445. The Hall–Kier alpha value is -0.380. The van der Waals surface area contributed by atoms with Crippen molar-refractivity contribution in [2.24, 2.45) is 11.8 Å². The second-order valence-electron chi connectivity index (χ2n) is 3.28. The maximum atomic E-state index is 11.1. The predicted molar refractivity (Wildman–Crippen MR) is 42.0 cm³/mol. The standard InChI is InChI=1S/C7H12O3S/c1-5-3-11(9,10)4-6(2)7(5)8/h5-6H,3-4H2,1-2H3. The van der Waals surface area contributed by atoms with E-state index in [-0.39, 0.29) is 29.1 Å². The summed E-state index contributed by atoms with van der Waals surface area (Å²) in [6, 6.07) is 0. The van der Waals surface area contributed by atoms with Crippen molar-refractivity contribution < 1.29 is 13.2 Å². The van der Waals surface area contributed by atoms with E-state index < -0.39 is 9.84 Å². The summed E-state index contributed by atoms with van der Waals surface area (Å²) in [5, 5.41) is 0. The molecule has 1 fully saturated rings. The van der Waals surface area contributed by atoms with Crippen molar-refractivity contribution in [3.8, 4) is 0 Å². The number of hydrogen-bond acceptors (Lipinski definition) is 3. The highest BCUT2D eigenvalue weighted by molar-refractivity contribution is 7.91. The van der Waals surface area contributed by atoms with Crippen LogP contribution in [0.25, 0.3) is 0 Å². The van der Waals surface area contributed by atoms with Crippen LogP contribution in [0.2, 0.25) is 0 Å². The van der Waals surface area contributed by atoms with Gasteiger partial charge in [-0.05, 0) is 0 Å². The van der Waals surface area contributed by atoms with Gasteiger partial charge in [0.1, 0.15) is 5.78 Å². The SMILES string of the molecule is CC1CS(=O)(=O)CC(C)C1=O. The van der Waals surface area contributed by atoms with Gasteiger partial charge in [0.05, 0.1) is 11.5 Å². The number of carbonyl (C=O) groups is 1. The molecule has 0 aromatic heterocycles. The Morgan fingerprint density at radius 3 is 1.91 bits per heavy atom. The molecule has 0 bridgehead atoms. The molecule has 1 rings (SSSR count). The van der Waals surface area contributed by atoms with E-state index in [4.69, 9.17) is 0 Å². The molecule has 1 saturated heterocycles. The zero-order valence-electron chi connectivity index (χ0n) is 6.70. The molecular weight excluding hydrogens is 164 g/mol. The molecule has 0 aliphatic carbocycles. The number of rotatable bonds is 0. The van der Waals surface area contributed by atoms with Crippen LogP contribution in [0.1, 0.15) is 13.8 Å². The van der Waals surface area contributed by atoms with Crippen molar-refractivity contribution in [2.75, 3.05) is 11.5 Å². The van der Waals surface area contributed by atoms with Crippen molar-refractivity contribution in [1.29, 1.82) is 0 Å². The summed E-state index contributed by atoms with van der Waals surface area (Å²) >= 11 is 0. The molecular formula is C7H12O3S. The minimum absolute atomic E-state index is 0.0379. The zero-order valence-corrected chi connectivity index (χ0v) is 7.52. The van der Waals surface area contributed by atoms with Crippen molar-refractivity contribution in [3.63, 3.8) is 0 Å². The molecule has 1 aliphatic rings. The van der Waals surface area contributed by atoms with Crippen LogP contribution in [-0.2, 0) is 14.6 Å². The van der Waals surface area contributed by atoms with Crippen LogP contribution >= 0.6 is 0 Å². The maximum Gasteiger partial charge on any atom is 0.151 e. The van der Waals surface area contributed by atoms with E-state index in [0.717, 1.165) is 0 Å². The average molecular weight is 176 g/mol. The van der Waals surface area contributed by atoms with Gasteiger partial charge in [-0.1, -0.05) is 13.8 Å². The zero-order chi connectivity index (χ0) is 8.65. The van der Waals surface area contributed by atoms with Crippen molar-refractivity contribution in [3.05, 3.63) is 0 Å². The normalized spacial score (nSPS) is 37.1. The van der Waals surface area contributed by atoms with Gasteiger partial charge in [0.25, 0.3) is 0 Å². The molecule has 0 spiro atoms. The second-order valence-corrected chi connectivity index (χ2v) is 5.44. The molecule has 0 N–H and O–H groups in total. The fraction of sp³-hybridized carbons (Fsp3) is 0.857. The molecule has 2 atom stereocenters. The molecule has 4 heteroatoms. The molecule has 0 radical (unpaired) electrons. The predicted octanol–water partition coefficient (Wildman–Crippen LogP) is 0.256. The lowest BCUT2D eigenvalue weighted by Gasteiger charge is -2.22. The number of sulfone groups is 1. The number of Topliss-reactive ketones (excluding diaryl/α,β-unsaturated/α-hetero) is 1. The molecule has 1 heterocycles. The van der Waals surface area contributed by atoms with Crippen molar-refractivity contribution >= 4 is 15.6 Å². The summed E-state index contributed by atoms with van der Waals surface area (Å²) in [6.07, 6.45) is 0. The molecule has 0 saturated carbocycles. The molecule has 0 aromatic rings. The van der Waals surface area contributed by atoms with E-state index in [2.05, 4.69) is 0 Å². The van der Waals surface area contributed by atoms with Gasteiger partial charge in [-0.2, -0.15) is 0 Å². The van der Waals surface area contributed by atoms with Gasteiger partial charge in [-0.3, -0.25) is 4.79 Å². The van der Waals surface area contributed by atoms with Gasteiger partial charge in [-0.15, -0.1) is 0 Å². The molecule has 2 unspecified atom stereocenters. The Balaban J connectivity index is 2.87. The molecule has 1 aliphatic heterocycles. The summed E-state index contributed by atoms with van der Waals surface area (Å²) < 4.78 is 22.1. The lowest BCUT2D eigenvalue weighted by Crippen LogP contribution is -2.37. The number of ketones is 1. The van der Waals surface area contributed by atoms with E-state index in [9.17, 15) is 13.2 Å². The Kier molecular flexibility index (Phi) is 2.05. The van der Waals surface area contributed by atoms with E-state index in [1.54, 1.807) is 13.8 Å². The van der Waals surface area contributed by atoms with Gasteiger partial charge in [-0.25, -0.2) is 8.42 Å². The average Bonchev–Trinajstić information content (AvgIpc) is 1.81. The van der Waals surface area contributed by atoms with Gasteiger partial charge in [0.15, 0.2) is 9.84 Å². The van der Waals surface area contributed by atoms with E-state index >= 15 is 0 Å². The Morgan fingerprint density at radius 2 is 1.55 bits per heavy atom. The first kappa shape index (κ1) is 8.71. The third-order valence-corrected chi connectivity index (χ3v) is 4.00. The van der Waals surface area contributed by atoms with E-state index in [1.165, 1.54) is 0 Å². The van der Waals surface area contributed by atoms with Crippen LogP contribution in [0.3, 0.4) is 0 Å². The minimum atomic E-state index is -2.93. The number of carbonyl (C=O) groups excluding carboxylic acids is 1. The minimum Gasteiger partial charge on any atom is -0.299 e. The molecule has 64 valence electrons. The fourth-order valence-corrected chi connectivity index (χ4v) is 3.47. The lowest BCUT2D eigenvalue weighted by atomic mass is 9.98.